The molecular formula is C27H26N4O2S2. The molecule has 6 nitrogen and oxygen atoms in total. The fraction of sp³-hybridized carbons (Fsp3) is 0.296. The number of benzene rings is 2. The van der Waals surface area contributed by atoms with Gasteiger partial charge in [0, 0.05) is 35.6 Å². The van der Waals surface area contributed by atoms with Gasteiger partial charge in [0.25, 0.3) is 5.91 Å². The molecule has 6 rings (SSSR count). The van der Waals surface area contributed by atoms with Crippen LogP contribution in [0.1, 0.15) is 32.1 Å². The van der Waals surface area contributed by atoms with Gasteiger partial charge in [-0.1, -0.05) is 37.1 Å². The molecule has 1 aliphatic carbocycles. The molecule has 0 bridgehead atoms. The molecule has 0 N–H and O–H groups in total. The van der Waals surface area contributed by atoms with Gasteiger partial charge in [-0.25, -0.2) is 4.99 Å². The number of hydrogen-bond donors (Lipinski definition) is 0. The standard InChI is InChI=1S/C27H26N4O2S2/c1-30-22-16-18(33-2)13-14-23(22)34-26(30)24-25(32)31(17-8-4-3-5-9-17)27(35-24)29-21-12-6-11-20-19(21)10-7-15-28-20/h6-7,10-17H,3-5,8-9H2,1-2H3/b26-24-,29-27?. The Balaban J connectivity index is 1.44. The van der Waals surface area contributed by atoms with Crippen molar-refractivity contribution in [2.45, 2.75) is 43.0 Å². The molecular weight excluding hydrogens is 476 g/mol. The smallest absolute Gasteiger partial charge is 0.269 e. The van der Waals surface area contributed by atoms with Crippen molar-refractivity contribution in [3.63, 3.8) is 0 Å². The molecule has 1 saturated heterocycles. The zero-order valence-corrected chi connectivity index (χ0v) is 21.4. The van der Waals surface area contributed by atoms with Gasteiger partial charge in [0.1, 0.15) is 10.7 Å². The number of nitrogens with zero attached hydrogens (tertiary/aromatic N) is 4. The second kappa shape index (κ2) is 9.24. The number of anilines is 1. The molecule has 1 aromatic heterocycles. The van der Waals surface area contributed by atoms with E-state index in [-0.39, 0.29) is 11.9 Å². The van der Waals surface area contributed by atoms with Crippen molar-refractivity contribution >= 4 is 56.9 Å². The van der Waals surface area contributed by atoms with Gasteiger partial charge in [-0.2, -0.15) is 0 Å². The second-order valence-corrected chi connectivity index (χ2v) is 10.9. The maximum absolute atomic E-state index is 14.0. The van der Waals surface area contributed by atoms with Crippen LogP contribution in [-0.4, -0.2) is 41.2 Å². The number of hydrogen-bond acceptors (Lipinski definition) is 7. The van der Waals surface area contributed by atoms with Crippen molar-refractivity contribution in [3.05, 3.63) is 64.7 Å². The number of ether oxygens (including phenoxy) is 1. The first kappa shape index (κ1) is 22.5. The van der Waals surface area contributed by atoms with Gasteiger partial charge in [0.2, 0.25) is 0 Å². The first-order chi connectivity index (χ1) is 17.1. The maximum Gasteiger partial charge on any atom is 0.269 e. The first-order valence-electron chi connectivity index (χ1n) is 11.9. The molecule has 1 saturated carbocycles. The number of rotatable bonds is 3. The largest absolute Gasteiger partial charge is 0.497 e. The van der Waals surface area contributed by atoms with Gasteiger partial charge >= 0.3 is 0 Å². The number of amidine groups is 1. The van der Waals surface area contributed by atoms with E-state index >= 15 is 0 Å². The van der Waals surface area contributed by atoms with E-state index in [9.17, 15) is 4.79 Å². The van der Waals surface area contributed by atoms with E-state index in [1.54, 1.807) is 25.1 Å². The lowest BCUT2D eigenvalue weighted by atomic mass is 9.94. The van der Waals surface area contributed by atoms with Crippen molar-refractivity contribution < 1.29 is 9.53 Å². The summed E-state index contributed by atoms with van der Waals surface area (Å²) < 4.78 is 5.43. The maximum atomic E-state index is 14.0. The predicted molar refractivity (Wildman–Crippen MR) is 144 cm³/mol. The highest BCUT2D eigenvalue weighted by Crippen LogP contribution is 2.51. The molecule has 0 unspecified atom stereocenters. The van der Waals surface area contributed by atoms with E-state index in [0.29, 0.717) is 0 Å². The van der Waals surface area contributed by atoms with Crippen LogP contribution in [0.3, 0.4) is 0 Å². The third kappa shape index (κ3) is 3.98. The average Bonchev–Trinajstić information content (AvgIpc) is 3.40. The molecule has 2 aromatic carbocycles. The van der Waals surface area contributed by atoms with Crippen LogP contribution in [0.25, 0.3) is 10.9 Å². The molecule has 1 amide bonds. The second-order valence-electron chi connectivity index (χ2n) is 8.94. The Morgan fingerprint density at radius 3 is 2.74 bits per heavy atom. The van der Waals surface area contributed by atoms with Gasteiger partial charge in [-0.3, -0.25) is 14.7 Å². The lowest BCUT2D eigenvalue weighted by Gasteiger charge is -2.30. The summed E-state index contributed by atoms with van der Waals surface area (Å²) in [5.41, 5.74) is 2.81. The van der Waals surface area contributed by atoms with Crippen molar-refractivity contribution in [1.29, 1.82) is 0 Å². The highest BCUT2D eigenvalue weighted by molar-refractivity contribution is 8.19. The molecule has 8 heteroatoms. The summed E-state index contributed by atoms with van der Waals surface area (Å²) in [6, 6.07) is 16.2. The van der Waals surface area contributed by atoms with E-state index in [2.05, 4.69) is 16.0 Å². The molecule has 0 radical (unpaired) electrons. The Kier molecular flexibility index (Phi) is 5.94. The topological polar surface area (TPSA) is 58.0 Å². The van der Waals surface area contributed by atoms with Gasteiger partial charge in [0.15, 0.2) is 5.17 Å². The summed E-state index contributed by atoms with van der Waals surface area (Å²) >= 11 is 3.14. The molecule has 0 atom stereocenters. The molecule has 178 valence electrons. The number of aliphatic imine (C=N–C) groups is 1. The summed E-state index contributed by atoms with van der Waals surface area (Å²) in [7, 11) is 3.69. The zero-order chi connectivity index (χ0) is 23.9. The van der Waals surface area contributed by atoms with Crippen molar-refractivity contribution in [2.75, 3.05) is 19.1 Å². The third-order valence-corrected chi connectivity index (χ3v) is 9.23. The Labute approximate surface area is 213 Å². The van der Waals surface area contributed by atoms with E-state index < -0.39 is 0 Å². The minimum atomic E-state index is 0.0631. The molecule has 3 aromatic rings. The highest BCUT2D eigenvalue weighted by Gasteiger charge is 2.42. The quantitative estimate of drug-likeness (QED) is 0.379. The van der Waals surface area contributed by atoms with Crippen LogP contribution in [0.5, 0.6) is 5.75 Å². The first-order valence-corrected chi connectivity index (χ1v) is 13.5. The molecule has 3 aliphatic rings. The van der Waals surface area contributed by atoms with E-state index in [4.69, 9.17) is 9.73 Å². The Bertz CT molecular complexity index is 1380. The number of methoxy groups -OCH3 is 1. The number of aromatic nitrogens is 1. The van der Waals surface area contributed by atoms with E-state index in [1.807, 2.05) is 54.4 Å². The molecule has 2 aliphatic heterocycles. The lowest BCUT2D eigenvalue weighted by molar-refractivity contribution is -0.124. The Morgan fingerprint density at radius 1 is 1.06 bits per heavy atom. The van der Waals surface area contributed by atoms with Crippen LogP contribution in [-0.2, 0) is 4.79 Å². The van der Waals surface area contributed by atoms with Crippen molar-refractivity contribution in [1.82, 2.24) is 9.88 Å². The van der Waals surface area contributed by atoms with Crippen LogP contribution < -0.4 is 9.64 Å². The fourth-order valence-electron chi connectivity index (χ4n) is 4.99. The number of carbonyl (C=O) groups is 1. The SMILES string of the molecule is COc1ccc2c(c1)N(C)/C(=C1/SC(=Nc3cccc4ncccc34)N(C3CCCCC3)C1=O)S2. The normalized spacial score (nSPS) is 21.9. The summed E-state index contributed by atoms with van der Waals surface area (Å²) in [6.07, 6.45) is 7.37. The summed E-state index contributed by atoms with van der Waals surface area (Å²) in [4.78, 5) is 29.5. The van der Waals surface area contributed by atoms with Crippen LogP contribution in [0.4, 0.5) is 11.4 Å². The minimum absolute atomic E-state index is 0.0631. The summed E-state index contributed by atoms with van der Waals surface area (Å²) in [5, 5.41) is 2.71. The van der Waals surface area contributed by atoms with Crippen molar-refractivity contribution in [3.8, 4) is 5.75 Å². The minimum Gasteiger partial charge on any atom is -0.497 e. The number of thioether (sulfide) groups is 2. The van der Waals surface area contributed by atoms with E-state index in [0.717, 1.165) is 73.7 Å². The number of pyridine rings is 1. The monoisotopic (exact) mass is 502 g/mol. The predicted octanol–water partition coefficient (Wildman–Crippen LogP) is 6.55. The van der Waals surface area contributed by atoms with Crippen LogP contribution in [0.2, 0.25) is 0 Å². The molecule has 0 spiro atoms. The number of amides is 1. The molecule has 2 fully saturated rings. The Hall–Kier alpha value is -2.97. The highest BCUT2D eigenvalue weighted by atomic mass is 32.2. The van der Waals surface area contributed by atoms with Gasteiger partial charge in [0.05, 0.1) is 29.0 Å². The Morgan fingerprint density at radius 2 is 1.91 bits per heavy atom. The van der Waals surface area contributed by atoms with E-state index in [1.165, 1.54) is 18.2 Å². The summed E-state index contributed by atoms with van der Waals surface area (Å²) in [5.74, 6) is 0.872. The third-order valence-electron chi connectivity index (χ3n) is 6.82. The number of fused-ring (bicyclic) bond motifs is 2. The van der Waals surface area contributed by atoms with Crippen LogP contribution in [0, 0.1) is 0 Å². The average molecular weight is 503 g/mol. The number of carbonyl (C=O) groups excluding carboxylic acids is 1. The van der Waals surface area contributed by atoms with Crippen LogP contribution in [0.15, 0.2) is 74.5 Å². The van der Waals surface area contributed by atoms with Gasteiger partial charge < -0.3 is 9.64 Å². The fourth-order valence-corrected chi connectivity index (χ4v) is 7.37. The lowest BCUT2D eigenvalue weighted by Crippen LogP contribution is -2.40. The van der Waals surface area contributed by atoms with Gasteiger partial charge in [-0.15, -0.1) is 0 Å². The zero-order valence-electron chi connectivity index (χ0n) is 19.7. The van der Waals surface area contributed by atoms with Crippen molar-refractivity contribution in [2.24, 2.45) is 4.99 Å². The van der Waals surface area contributed by atoms with Gasteiger partial charge in [-0.05, 0) is 61.0 Å². The van der Waals surface area contributed by atoms with Crippen LogP contribution >= 0.6 is 23.5 Å². The molecule has 3 heterocycles. The molecule has 35 heavy (non-hydrogen) atoms. The summed E-state index contributed by atoms with van der Waals surface area (Å²) in [6.45, 7) is 0.